The Morgan fingerprint density at radius 1 is 1.15 bits per heavy atom. The van der Waals surface area contributed by atoms with Crippen molar-refractivity contribution < 1.29 is 14.0 Å². The largest absolute Gasteiger partial charge is 0.347 e. The molecule has 7 heteroatoms. The van der Waals surface area contributed by atoms with E-state index >= 15 is 0 Å². The zero-order valence-corrected chi connectivity index (χ0v) is 14.8. The lowest BCUT2D eigenvalue weighted by molar-refractivity contribution is -0.120. The summed E-state index contributed by atoms with van der Waals surface area (Å²) in [5.41, 5.74) is 1.87. The second kappa shape index (κ2) is 7.59. The van der Waals surface area contributed by atoms with E-state index in [9.17, 15) is 14.0 Å². The molecule has 0 unspecified atom stereocenters. The van der Waals surface area contributed by atoms with Gasteiger partial charge in [0.2, 0.25) is 5.91 Å². The lowest BCUT2D eigenvalue weighted by Crippen LogP contribution is -2.42. The summed E-state index contributed by atoms with van der Waals surface area (Å²) in [7, 11) is 0. The van der Waals surface area contributed by atoms with Crippen molar-refractivity contribution in [1.29, 1.82) is 0 Å². The van der Waals surface area contributed by atoms with Gasteiger partial charge >= 0.3 is 0 Å². The molecule has 2 atom stereocenters. The van der Waals surface area contributed by atoms with Gasteiger partial charge in [0.15, 0.2) is 0 Å². The van der Waals surface area contributed by atoms with Gasteiger partial charge < -0.3 is 10.6 Å². The van der Waals surface area contributed by atoms with Crippen molar-refractivity contribution in [1.82, 2.24) is 15.3 Å². The van der Waals surface area contributed by atoms with Crippen LogP contribution in [0.3, 0.4) is 0 Å². The van der Waals surface area contributed by atoms with Gasteiger partial charge in [0.25, 0.3) is 5.91 Å². The molecule has 1 aromatic heterocycles. The van der Waals surface area contributed by atoms with E-state index in [1.807, 2.05) is 0 Å². The monoisotopic (exact) mass is 356 g/mol. The standard InChI is InChI=1S/C19H21FN4O2/c1-11-6-7-16(14(20)8-11)24-18(25)13-4-3-5-15(13)23-19(26)17-10-21-12(2)9-22-17/h6-10,13,15H,3-5H2,1-2H3,(H,23,26)(H,24,25)/t13-,15+/m0/s1. The topological polar surface area (TPSA) is 84.0 Å². The first-order valence-electron chi connectivity index (χ1n) is 8.60. The Morgan fingerprint density at radius 2 is 1.96 bits per heavy atom. The highest BCUT2D eigenvalue weighted by molar-refractivity contribution is 5.95. The Kier molecular flexibility index (Phi) is 5.25. The molecule has 26 heavy (non-hydrogen) atoms. The smallest absolute Gasteiger partial charge is 0.271 e. The van der Waals surface area contributed by atoms with Crippen LogP contribution in [0.2, 0.25) is 0 Å². The zero-order chi connectivity index (χ0) is 18.7. The second-order valence-corrected chi connectivity index (χ2v) is 6.63. The lowest BCUT2D eigenvalue weighted by atomic mass is 10.0. The first kappa shape index (κ1) is 18.0. The highest BCUT2D eigenvalue weighted by Gasteiger charge is 2.34. The first-order chi connectivity index (χ1) is 12.4. The number of hydrogen-bond acceptors (Lipinski definition) is 4. The Morgan fingerprint density at radius 3 is 2.65 bits per heavy atom. The van der Waals surface area contributed by atoms with Crippen LogP contribution in [0.4, 0.5) is 10.1 Å². The Bertz CT molecular complexity index is 823. The molecule has 1 fully saturated rings. The molecule has 1 saturated carbocycles. The lowest BCUT2D eigenvalue weighted by Gasteiger charge is -2.20. The highest BCUT2D eigenvalue weighted by Crippen LogP contribution is 2.28. The molecule has 1 aliphatic rings. The van der Waals surface area contributed by atoms with Crippen molar-refractivity contribution in [2.45, 2.75) is 39.2 Å². The molecule has 3 rings (SSSR count). The van der Waals surface area contributed by atoms with Crippen molar-refractivity contribution in [2.75, 3.05) is 5.32 Å². The summed E-state index contributed by atoms with van der Waals surface area (Å²) in [4.78, 5) is 33.0. The van der Waals surface area contributed by atoms with Crippen LogP contribution in [0.25, 0.3) is 0 Å². The molecule has 0 radical (unpaired) electrons. The number of anilines is 1. The van der Waals surface area contributed by atoms with Crippen molar-refractivity contribution in [3.8, 4) is 0 Å². The molecule has 1 aliphatic carbocycles. The van der Waals surface area contributed by atoms with Gasteiger partial charge in [0, 0.05) is 12.2 Å². The molecule has 0 aliphatic heterocycles. The minimum atomic E-state index is -0.466. The maximum Gasteiger partial charge on any atom is 0.271 e. The summed E-state index contributed by atoms with van der Waals surface area (Å²) in [6, 6.07) is 4.36. The minimum absolute atomic E-state index is 0.155. The number of halogens is 1. The van der Waals surface area contributed by atoms with Gasteiger partial charge in [-0.15, -0.1) is 0 Å². The first-order valence-corrected chi connectivity index (χ1v) is 8.60. The van der Waals surface area contributed by atoms with Crippen molar-refractivity contribution >= 4 is 17.5 Å². The number of rotatable bonds is 4. The summed E-state index contributed by atoms with van der Waals surface area (Å²) in [6.45, 7) is 3.57. The maximum absolute atomic E-state index is 14.0. The molecular weight excluding hydrogens is 335 g/mol. The number of hydrogen-bond donors (Lipinski definition) is 2. The van der Waals surface area contributed by atoms with Crippen LogP contribution >= 0.6 is 0 Å². The molecule has 2 N–H and O–H groups in total. The fraction of sp³-hybridized carbons (Fsp3) is 0.368. The third-order valence-electron chi connectivity index (χ3n) is 4.57. The van der Waals surface area contributed by atoms with Gasteiger partial charge in [0.1, 0.15) is 11.5 Å². The number of aromatic nitrogens is 2. The average Bonchev–Trinajstić information content (AvgIpc) is 3.06. The molecule has 0 bridgehead atoms. The summed E-state index contributed by atoms with van der Waals surface area (Å²) in [5, 5.41) is 5.50. The number of carbonyl (C=O) groups excluding carboxylic acids is 2. The fourth-order valence-electron chi connectivity index (χ4n) is 3.15. The zero-order valence-electron chi connectivity index (χ0n) is 14.8. The molecule has 6 nitrogen and oxygen atoms in total. The second-order valence-electron chi connectivity index (χ2n) is 6.63. The van der Waals surface area contributed by atoms with Crippen LogP contribution in [0.5, 0.6) is 0 Å². The number of nitrogens with zero attached hydrogens (tertiary/aromatic N) is 2. The van der Waals surface area contributed by atoms with E-state index in [1.54, 1.807) is 26.0 Å². The Hall–Kier alpha value is -2.83. The van der Waals surface area contributed by atoms with E-state index < -0.39 is 11.7 Å². The van der Waals surface area contributed by atoms with Crippen molar-refractivity contribution in [3.63, 3.8) is 0 Å². The molecule has 0 spiro atoms. The maximum atomic E-state index is 14.0. The van der Waals surface area contributed by atoms with Crippen molar-refractivity contribution in [3.05, 3.63) is 53.4 Å². The molecule has 2 amide bonds. The van der Waals surface area contributed by atoms with Gasteiger partial charge in [-0.25, -0.2) is 9.37 Å². The highest BCUT2D eigenvalue weighted by atomic mass is 19.1. The normalized spacial score (nSPS) is 19.2. The van der Waals surface area contributed by atoms with Crippen LogP contribution in [0, 0.1) is 25.6 Å². The number of benzene rings is 1. The van der Waals surface area contributed by atoms with E-state index in [1.165, 1.54) is 18.5 Å². The number of nitrogens with one attached hydrogen (secondary N) is 2. The summed E-state index contributed by atoms with van der Waals surface area (Å²) < 4.78 is 14.0. The molecule has 1 heterocycles. The van der Waals surface area contributed by atoms with Gasteiger partial charge in [-0.2, -0.15) is 0 Å². The fourth-order valence-corrected chi connectivity index (χ4v) is 3.15. The molecular formula is C19H21FN4O2. The molecule has 2 aromatic rings. The van der Waals surface area contributed by atoms with Gasteiger partial charge in [0.05, 0.1) is 23.5 Å². The number of carbonyl (C=O) groups is 2. The van der Waals surface area contributed by atoms with Crippen LogP contribution < -0.4 is 10.6 Å². The third-order valence-corrected chi connectivity index (χ3v) is 4.57. The van der Waals surface area contributed by atoms with Crippen LogP contribution in [0.15, 0.2) is 30.6 Å². The third kappa shape index (κ3) is 4.04. The predicted molar refractivity (Wildman–Crippen MR) is 95.1 cm³/mol. The van der Waals surface area contributed by atoms with Crippen LogP contribution in [-0.4, -0.2) is 27.8 Å². The predicted octanol–water partition coefficient (Wildman–Crippen LogP) is 2.77. The van der Waals surface area contributed by atoms with Crippen molar-refractivity contribution in [2.24, 2.45) is 5.92 Å². The van der Waals surface area contributed by atoms with Crippen LogP contribution in [0.1, 0.15) is 41.0 Å². The van der Waals surface area contributed by atoms with E-state index in [2.05, 4.69) is 20.6 Å². The number of amides is 2. The summed E-state index contributed by atoms with van der Waals surface area (Å²) in [5.74, 6) is -1.51. The Balaban J connectivity index is 1.66. The van der Waals surface area contributed by atoms with Gasteiger partial charge in [-0.3, -0.25) is 14.6 Å². The van der Waals surface area contributed by atoms with E-state index in [-0.39, 0.29) is 29.2 Å². The molecule has 136 valence electrons. The Labute approximate surface area is 151 Å². The summed E-state index contributed by atoms with van der Waals surface area (Å²) >= 11 is 0. The molecule has 1 aromatic carbocycles. The summed E-state index contributed by atoms with van der Waals surface area (Å²) in [6.07, 6.45) is 5.09. The van der Waals surface area contributed by atoms with E-state index in [4.69, 9.17) is 0 Å². The van der Waals surface area contributed by atoms with Gasteiger partial charge in [-0.05, 0) is 44.4 Å². The molecule has 0 saturated heterocycles. The minimum Gasteiger partial charge on any atom is -0.347 e. The quantitative estimate of drug-likeness (QED) is 0.882. The van der Waals surface area contributed by atoms with E-state index in [0.717, 1.165) is 17.7 Å². The van der Waals surface area contributed by atoms with Crippen LogP contribution in [-0.2, 0) is 4.79 Å². The average molecular weight is 356 g/mol. The van der Waals surface area contributed by atoms with Gasteiger partial charge in [-0.1, -0.05) is 12.5 Å². The SMILES string of the molecule is Cc1ccc(NC(=O)[C@H]2CCC[C@H]2NC(=O)c2cnc(C)cn2)c(F)c1. The van der Waals surface area contributed by atoms with E-state index in [0.29, 0.717) is 12.8 Å². The number of aryl methyl sites for hydroxylation is 2.